The van der Waals surface area contributed by atoms with Crippen molar-refractivity contribution < 1.29 is 0 Å². The molecule has 17 heavy (non-hydrogen) atoms. The Morgan fingerprint density at radius 1 is 1.29 bits per heavy atom. The zero-order valence-electron chi connectivity index (χ0n) is 9.98. The van der Waals surface area contributed by atoms with Gasteiger partial charge in [0.25, 0.3) is 0 Å². The molecule has 3 rings (SSSR count). The van der Waals surface area contributed by atoms with Crippen LogP contribution in [0.4, 0.5) is 11.4 Å². The van der Waals surface area contributed by atoms with Crippen molar-refractivity contribution in [3.05, 3.63) is 30.6 Å². The first-order chi connectivity index (χ1) is 8.25. The standard InChI is InChI=1S/C14H17N3/c1-9(10-2-3-10)17-14-5-4-13(15)11-6-7-16-8-12(11)14/h4-10,17H,2-3,15H2,1H3. The van der Waals surface area contributed by atoms with Gasteiger partial charge in [0.2, 0.25) is 0 Å². The summed E-state index contributed by atoms with van der Waals surface area (Å²) in [7, 11) is 0. The van der Waals surface area contributed by atoms with Crippen LogP contribution in [0, 0.1) is 5.92 Å². The van der Waals surface area contributed by atoms with Gasteiger partial charge in [-0.1, -0.05) is 0 Å². The number of nitrogens with zero attached hydrogens (tertiary/aromatic N) is 1. The van der Waals surface area contributed by atoms with Crippen LogP contribution < -0.4 is 11.1 Å². The minimum atomic E-state index is 0.530. The molecule has 0 radical (unpaired) electrons. The van der Waals surface area contributed by atoms with Crippen LogP contribution in [0.3, 0.4) is 0 Å². The molecule has 0 aliphatic heterocycles. The molecule has 0 amide bonds. The van der Waals surface area contributed by atoms with Gasteiger partial charge < -0.3 is 11.1 Å². The van der Waals surface area contributed by atoms with E-state index in [1.54, 1.807) is 6.20 Å². The summed E-state index contributed by atoms with van der Waals surface area (Å²) in [6.07, 6.45) is 6.36. The van der Waals surface area contributed by atoms with Crippen LogP contribution in [0.1, 0.15) is 19.8 Å². The Kier molecular flexibility index (Phi) is 2.39. The summed E-state index contributed by atoms with van der Waals surface area (Å²) in [4.78, 5) is 4.19. The molecule has 0 saturated heterocycles. The quantitative estimate of drug-likeness (QED) is 0.792. The average Bonchev–Trinajstić information content (AvgIpc) is 3.17. The summed E-state index contributed by atoms with van der Waals surface area (Å²) in [6, 6.07) is 6.52. The van der Waals surface area contributed by atoms with Gasteiger partial charge in [0.1, 0.15) is 0 Å². The lowest BCUT2D eigenvalue weighted by atomic mass is 10.1. The molecule has 0 bridgehead atoms. The number of nitrogen functional groups attached to an aromatic ring is 1. The average molecular weight is 227 g/mol. The Labute approximate surface area is 101 Å². The van der Waals surface area contributed by atoms with E-state index in [-0.39, 0.29) is 0 Å². The second-order valence-electron chi connectivity index (χ2n) is 4.89. The maximum atomic E-state index is 5.97. The fourth-order valence-corrected chi connectivity index (χ4v) is 2.30. The minimum absolute atomic E-state index is 0.530. The lowest BCUT2D eigenvalue weighted by Gasteiger charge is -2.16. The van der Waals surface area contributed by atoms with E-state index in [2.05, 4.69) is 23.3 Å². The third kappa shape index (κ3) is 1.93. The molecule has 0 spiro atoms. The van der Waals surface area contributed by atoms with Crippen molar-refractivity contribution in [2.75, 3.05) is 11.1 Å². The highest BCUT2D eigenvalue weighted by atomic mass is 14.9. The van der Waals surface area contributed by atoms with Crippen molar-refractivity contribution in [1.29, 1.82) is 0 Å². The number of anilines is 2. The molecule has 1 heterocycles. The maximum absolute atomic E-state index is 5.97. The van der Waals surface area contributed by atoms with Gasteiger partial charge in [-0.3, -0.25) is 4.98 Å². The lowest BCUT2D eigenvalue weighted by molar-refractivity contribution is 0.695. The molecular weight excluding hydrogens is 210 g/mol. The molecule has 2 aromatic rings. The number of nitrogens with one attached hydrogen (secondary N) is 1. The number of nitrogens with two attached hydrogens (primary N) is 1. The Balaban J connectivity index is 2.01. The Bertz CT molecular complexity index is 546. The van der Waals surface area contributed by atoms with E-state index in [0.29, 0.717) is 6.04 Å². The van der Waals surface area contributed by atoms with Crippen molar-refractivity contribution in [2.24, 2.45) is 5.92 Å². The number of fused-ring (bicyclic) bond motifs is 1. The van der Waals surface area contributed by atoms with Crippen LogP contribution in [0.5, 0.6) is 0 Å². The predicted octanol–water partition coefficient (Wildman–Crippen LogP) is 3.03. The number of hydrogen-bond acceptors (Lipinski definition) is 3. The molecule has 3 nitrogen and oxygen atoms in total. The molecule has 1 aliphatic carbocycles. The smallest absolute Gasteiger partial charge is 0.0439 e. The van der Waals surface area contributed by atoms with E-state index in [0.717, 1.165) is 28.1 Å². The number of aromatic nitrogens is 1. The molecule has 1 fully saturated rings. The fourth-order valence-electron chi connectivity index (χ4n) is 2.30. The first kappa shape index (κ1) is 10.4. The Morgan fingerprint density at radius 2 is 2.12 bits per heavy atom. The van der Waals surface area contributed by atoms with E-state index in [4.69, 9.17) is 5.73 Å². The van der Waals surface area contributed by atoms with Gasteiger partial charge in [-0.25, -0.2) is 0 Å². The first-order valence-corrected chi connectivity index (χ1v) is 6.14. The van der Waals surface area contributed by atoms with Crippen molar-refractivity contribution >= 4 is 22.1 Å². The summed E-state index contributed by atoms with van der Waals surface area (Å²) < 4.78 is 0. The number of pyridine rings is 1. The van der Waals surface area contributed by atoms with Gasteiger partial charge in [0.15, 0.2) is 0 Å². The van der Waals surface area contributed by atoms with Crippen LogP contribution in [0.25, 0.3) is 10.8 Å². The molecule has 1 aliphatic rings. The SMILES string of the molecule is CC(Nc1ccc(N)c2ccncc12)C1CC1. The van der Waals surface area contributed by atoms with Crippen LogP contribution in [0.2, 0.25) is 0 Å². The summed E-state index contributed by atoms with van der Waals surface area (Å²) in [6.45, 7) is 2.25. The summed E-state index contributed by atoms with van der Waals surface area (Å²) in [5, 5.41) is 5.77. The monoisotopic (exact) mass is 227 g/mol. The zero-order chi connectivity index (χ0) is 11.8. The highest BCUT2D eigenvalue weighted by molar-refractivity contribution is 6.00. The van der Waals surface area contributed by atoms with E-state index >= 15 is 0 Å². The second kappa shape index (κ2) is 3.91. The Hall–Kier alpha value is -1.77. The third-order valence-corrected chi connectivity index (χ3v) is 3.56. The van der Waals surface area contributed by atoms with Crippen LogP contribution in [0.15, 0.2) is 30.6 Å². The van der Waals surface area contributed by atoms with Gasteiger partial charge in [-0.05, 0) is 43.9 Å². The van der Waals surface area contributed by atoms with Gasteiger partial charge in [0, 0.05) is 40.6 Å². The van der Waals surface area contributed by atoms with E-state index in [9.17, 15) is 0 Å². The van der Waals surface area contributed by atoms with Gasteiger partial charge in [-0.2, -0.15) is 0 Å². The molecule has 1 unspecified atom stereocenters. The van der Waals surface area contributed by atoms with Crippen molar-refractivity contribution in [2.45, 2.75) is 25.8 Å². The highest BCUT2D eigenvalue weighted by Crippen LogP contribution is 2.35. The summed E-state index contributed by atoms with van der Waals surface area (Å²) >= 11 is 0. The minimum Gasteiger partial charge on any atom is -0.398 e. The topological polar surface area (TPSA) is 50.9 Å². The number of hydrogen-bond donors (Lipinski definition) is 2. The molecule has 1 aromatic heterocycles. The predicted molar refractivity (Wildman–Crippen MR) is 72.0 cm³/mol. The van der Waals surface area contributed by atoms with Crippen molar-refractivity contribution in [3.8, 4) is 0 Å². The summed E-state index contributed by atoms with van der Waals surface area (Å²) in [5.74, 6) is 0.833. The largest absolute Gasteiger partial charge is 0.398 e. The molecule has 3 heteroatoms. The van der Waals surface area contributed by atoms with Gasteiger partial charge >= 0.3 is 0 Å². The fraction of sp³-hybridized carbons (Fsp3) is 0.357. The third-order valence-electron chi connectivity index (χ3n) is 3.56. The number of benzene rings is 1. The van der Waals surface area contributed by atoms with Gasteiger partial charge in [0.05, 0.1) is 0 Å². The molecule has 1 aromatic carbocycles. The van der Waals surface area contributed by atoms with Crippen LogP contribution in [-0.4, -0.2) is 11.0 Å². The zero-order valence-corrected chi connectivity index (χ0v) is 9.98. The van der Waals surface area contributed by atoms with Crippen LogP contribution in [-0.2, 0) is 0 Å². The van der Waals surface area contributed by atoms with E-state index in [1.807, 2.05) is 18.3 Å². The molecule has 1 saturated carbocycles. The molecular formula is C14H17N3. The molecule has 88 valence electrons. The molecule has 1 atom stereocenters. The number of rotatable bonds is 3. The second-order valence-corrected chi connectivity index (χ2v) is 4.89. The lowest BCUT2D eigenvalue weighted by Crippen LogP contribution is -2.17. The summed E-state index contributed by atoms with van der Waals surface area (Å²) in [5.41, 5.74) is 7.93. The van der Waals surface area contributed by atoms with E-state index < -0.39 is 0 Å². The maximum Gasteiger partial charge on any atom is 0.0439 e. The van der Waals surface area contributed by atoms with Gasteiger partial charge in [-0.15, -0.1) is 0 Å². The molecule has 3 N–H and O–H groups in total. The highest BCUT2D eigenvalue weighted by Gasteiger charge is 2.27. The van der Waals surface area contributed by atoms with Crippen LogP contribution >= 0.6 is 0 Å². The van der Waals surface area contributed by atoms with Crippen molar-refractivity contribution in [3.63, 3.8) is 0 Å². The van der Waals surface area contributed by atoms with E-state index in [1.165, 1.54) is 12.8 Å². The normalized spacial score (nSPS) is 17.0. The van der Waals surface area contributed by atoms with Crippen molar-refractivity contribution in [1.82, 2.24) is 4.98 Å². The Morgan fingerprint density at radius 3 is 2.88 bits per heavy atom. The first-order valence-electron chi connectivity index (χ1n) is 6.14.